The Bertz CT molecular complexity index is 1100. The summed E-state index contributed by atoms with van der Waals surface area (Å²) in [6, 6.07) is 10.3. The fourth-order valence-corrected chi connectivity index (χ4v) is 2.65. The van der Waals surface area contributed by atoms with Crippen LogP contribution in [0.15, 0.2) is 52.2 Å². The van der Waals surface area contributed by atoms with Gasteiger partial charge in [-0.25, -0.2) is 14.8 Å². The minimum Gasteiger partial charge on any atom is -0.326 e. The van der Waals surface area contributed by atoms with Gasteiger partial charge in [0.05, 0.1) is 0 Å². The van der Waals surface area contributed by atoms with E-state index in [1.54, 1.807) is 18.2 Å². The van der Waals surface area contributed by atoms with Crippen molar-refractivity contribution in [1.29, 1.82) is 0 Å². The van der Waals surface area contributed by atoms with Crippen LogP contribution in [0.2, 0.25) is 0 Å². The zero-order valence-electron chi connectivity index (χ0n) is 15.5. The van der Waals surface area contributed by atoms with Crippen molar-refractivity contribution in [3.63, 3.8) is 0 Å². The first-order chi connectivity index (χ1) is 13.4. The van der Waals surface area contributed by atoms with Crippen molar-refractivity contribution in [2.24, 2.45) is 0 Å². The lowest BCUT2D eigenvalue weighted by Crippen LogP contribution is -2.29. The highest BCUT2D eigenvalue weighted by Crippen LogP contribution is 2.18. The molecule has 0 fully saturated rings. The van der Waals surface area contributed by atoms with Crippen molar-refractivity contribution in [2.45, 2.75) is 26.8 Å². The molecule has 28 heavy (non-hydrogen) atoms. The number of rotatable bonds is 6. The second kappa shape index (κ2) is 8.30. The van der Waals surface area contributed by atoms with Gasteiger partial charge >= 0.3 is 5.69 Å². The third-order valence-corrected chi connectivity index (χ3v) is 3.86. The smallest absolute Gasteiger partial charge is 0.326 e. The molecular weight excluding hydrogens is 360 g/mol. The minimum atomic E-state index is -0.542. The summed E-state index contributed by atoms with van der Waals surface area (Å²) in [5, 5.41) is 5.90. The molecule has 0 aliphatic rings. The molecule has 0 saturated heterocycles. The van der Waals surface area contributed by atoms with Gasteiger partial charge in [-0.1, -0.05) is 6.07 Å². The van der Waals surface area contributed by atoms with E-state index in [2.05, 4.69) is 25.6 Å². The number of aromatic nitrogens is 4. The molecule has 2 heterocycles. The molecule has 0 radical (unpaired) electrons. The number of carbonyl (C=O) groups excluding carboxylic acids is 1. The van der Waals surface area contributed by atoms with Gasteiger partial charge in [0.2, 0.25) is 11.9 Å². The predicted octanol–water partition coefficient (Wildman–Crippen LogP) is 1.72. The maximum absolute atomic E-state index is 12.2. The Balaban J connectivity index is 1.62. The molecule has 3 rings (SSSR count). The number of anilines is 3. The fourth-order valence-electron chi connectivity index (χ4n) is 2.65. The summed E-state index contributed by atoms with van der Waals surface area (Å²) in [4.78, 5) is 45.7. The number of hydrogen-bond donors (Lipinski definition) is 3. The van der Waals surface area contributed by atoms with Crippen molar-refractivity contribution >= 4 is 23.2 Å². The number of carbonyl (C=O) groups is 1. The molecule has 9 nitrogen and oxygen atoms in total. The number of hydrogen-bond acceptors (Lipinski definition) is 6. The van der Waals surface area contributed by atoms with Crippen molar-refractivity contribution in [3.8, 4) is 0 Å². The molecule has 0 saturated carbocycles. The molecule has 0 aliphatic carbocycles. The van der Waals surface area contributed by atoms with Gasteiger partial charge in [0.1, 0.15) is 0 Å². The average Bonchev–Trinajstić information content (AvgIpc) is 2.60. The molecule has 0 bridgehead atoms. The molecule has 0 atom stereocenters. The highest BCUT2D eigenvalue weighted by atomic mass is 16.2. The first-order valence-electron chi connectivity index (χ1n) is 8.68. The predicted molar refractivity (Wildman–Crippen MR) is 106 cm³/mol. The largest absolute Gasteiger partial charge is 0.328 e. The van der Waals surface area contributed by atoms with Crippen LogP contribution in [0.4, 0.5) is 17.3 Å². The van der Waals surface area contributed by atoms with Crippen LogP contribution in [0, 0.1) is 13.8 Å². The molecule has 2 aromatic heterocycles. The van der Waals surface area contributed by atoms with E-state index in [0.29, 0.717) is 11.6 Å². The number of H-pyrrole nitrogens is 1. The van der Waals surface area contributed by atoms with E-state index in [-0.39, 0.29) is 18.9 Å². The third kappa shape index (κ3) is 5.13. The maximum Gasteiger partial charge on any atom is 0.328 e. The summed E-state index contributed by atoms with van der Waals surface area (Å²) in [6.07, 6.45) is 1.45. The third-order valence-electron chi connectivity index (χ3n) is 3.86. The summed E-state index contributed by atoms with van der Waals surface area (Å²) < 4.78 is 1.27. The number of nitrogens with one attached hydrogen (secondary N) is 3. The normalized spacial score (nSPS) is 10.5. The van der Waals surface area contributed by atoms with E-state index in [4.69, 9.17) is 0 Å². The number of aromatic amines is 1. The molecule has 0 unspecified atom stereocenters. The Hall–Kier alpha value is -3.75. The van der Waals surface area contributed by atoms with Gasteiger partial charge in [0.15, 0.2) is 0 Å². The topological polar surface area (TPSA) is 122 Å². The lowest BCUT2D eigenvalue weighted by molar-refractivity contribution is -0.116. The van der Waals surface area contributed by atoms with Crippen LogP contribution in [-0.4, -0.2) is 25.4 Å². The standard InChI is InChI=1S/C19H20N6O3/c1-12-10-13(2)21-18(20-12)23-15-5-3-4-14(11-15)22-16(26)6-8-25-9-7-17(27)24-19(25)28/h3-5,7,9-11H,6,8H2,1-2H3,(H,22,26)(H,20,21,23)(H,24,27,28). The molecule has 144 valence electrons. The van der Waals surface area contributed by atoms with Crippen LogP contribution in [0.1, 0.15) is 17.8 Å². The van der Waals surface area contributed by atoms with E-state index in [0.717, 1.165) is 17.1 Å². The molecule has 3 aromatic rings. The van der Waals surface area contributed by atoms with Gasteiger partial charge in [-0.15, -0.1) is 0 Å². The van der Waals surface area contributed by atoms with Crippen LogP contribution in [0.25, 0.3) is 0 Å². The van der Waals surface area contributed by atoms with Gasteiger partial charge in [-0.05, 0) is 38.1 Å². The Morgan fingerprint density at radius 1 is 1.07 bits per heavy atom. The molecule has 1 amide bonds. The first-order valence-corrected chi connectivity index (χ1v) is 8.68. The lowest BCUT2D eigenvalue weighted by Gasteiger charge is -2.10. The summed E-state index contributed by atoms with van der Waals surface area (Å²) in [6.45, 7) is 3.95. The Morgan fingerprint density at radius 2 is 1.79 bits per heavy atom. The minimum absolute atomic E-state index is 0.0871. The summed E-state index contributed by atoms with van der Waals surface area (Å²) in [5.41, 5.74) is 2.05. The van der Waals surface area contributed by atoms with Crippen LogP contribution in [0.3, 0.4) is 0 Å². The van der Waals surface area contributed by atoms with Gasteiger partial charge < -0.3 is 15.2 Å². The van der Waals surface area contributed by atoms with Gasteiger partial charge in [-0.3, -0.25) is 14.6 Å². The monoisotopic (exact) mass is 380 g/mol. The highest BCUT2D eigenvalue weighted by Gasteiger charge is 2.06. The molecule has 9 heteroatoms. The van der Waals surface area contributed by atoms with E-state index in [1.165, 1.54) is 16.8 Å². The summed E-state index contributed by atoms with van der Waals surface area (Å²) in [5.74, 6) is 0.233. The van der Waals surface area contributed by atoms with Crippen LogP contribution in [0.5, 0.6) is 0 Å². The fraction of sp³-hybridized carbons (Fsp3) is 0.211. The van der Waals surface area contributed by atoms with Gasteiger partial charge in [0, 0.05) is 48.0 Å². The van der Waals surface area contributed by atoms with E-state index < -0.39 is 11.2 Å². The van der Waals surface area contributed by atoms with Gasteiger partial charge in [0.25, 0.3) is 5.56 Å². The average molecular weight is 380 g/mol. The number of aryl methyl sites for hydroxylation is 3. The number of benzene rings is 1. The number of amides is 1. The summed E-state index contributed by atoms with van der Waals surface area (Å²) in [7, 11) is 0. The lowest BCUT2D eigenvalue weighted by atomic mass is 10.2. The molecule has 0 aliphatic heterocycles. The molecular formula is C19H20N6O3. The van der Waals surface area contributed by atoms with Crippen LogP contribution < -0.4 is 21.9 Å². The Morgan fingerprint density at radius 3 is 2.50 bits per heavy atom. The SMILES string of the molecule is Cc1cc(C)nc(Nc2cccc(NC(=O)CCn3ccc(=O)[nH]c3=O)c2)n1. The first kappa shape index (κ1) is 19.0. The van der Waals surface area contributed by atoms with Crippen molar-refractivity contribution < 1.29 is 4.79 Å². The van der Waals surface area contributed by atoms with E-state index in [9.17, 15) is 14.4 Å². The maximum atomic E-state index is 12.2. The zero-order chi connectivity index (χ0) is 20.1. The number of nitrogens with zero attached hydrogens (tertiary/aromatic N) is 3. The van der Waals surface area contributed by atoms with E-state index >= 15 is 0 Å². The van der Waals surface area contributed by atoms with Crippen LogP contribution >= 0.6 is 0 Å². The second-order valence-corrected chi connectivity index (χ2v) is 6.28. The molecule has 3 N–H and O–H groups in total. The van der Waals surface area contributed by atoms with E-state index in [1.807, 2.05) is 26.0 Å². The van der Waals surface area contributed by atoms with Crippen molar-refractivity contribution in [2.75, 3.05) is 10.6 Å². The van der Waals surface area contributed by atoms with Crippen molar-refractivity contribution in [3.05, 3.63) is 74.8 Å². The zero-order valence-corrected chi connectivity index (χ0v) is 15.5. The van der Waals surface area contributed by atoms with Crippen molar-refractivity contribution in [1.82, 2.24) is 19.5 Å². The summed E-state index contributed by atoms with van der Waals surface area (Å²) >= 11 is 0. The quantitative estimate of drug-likeness (QED) is 0.598. The highest BCUT2D eigenvalue weighted by molar-refractivity contribution is 5.91. The molecule has 0 spiro atoms. The second-order valence-electron chi connectivity index (χ2n) is 6.28. The Kier molecular flexibility index (Phi) is 5.64. The van der Waals surface area contributed by atoms with Crippen LogP contribution in [-0.2, 0) is 11.3 Å². The Labute approximate surface area is 160 Å². The molecule has 1 aromatic carbocycles. The van der Waals surface area contributed by atoms with Gasteiger partial charge in [-0.2, -0.15) is 0 Å².